The summed E-state index contributed by atoms with van der Waals surface area (Å²) in [6, 6.07) is 16.5. The summed E-state index contributed by atoms with van der Waals surface area (Å²) in [5.74, 6) is 0.505. The van der Waals surface area contributed by atoms with E-state index in [2.05, 4.69) is 9.97 Å². The molecule has 0 saturated carbocycles. The van der Waals surface area contributed by atoms with Crippen molar-refractivity contribution in [1.82, 2.24) is 9.97 Å². The average Bonchev–Trinajstić information content (AvgIpc) is 2.70. The lowest BCUT2D eigenvalue weighted by Gasteiger charge is -2.17. The van der Waals surface area contributed by atoms with Gasteiger partial charge in [-0.05, 0) is 11.6 Å². The number of anilines is 1. The number of aromatic hydroxyl groups is 1. The van der Waals surface area contributed by atoms with Crippen LogP contribution in [0.3, 0.4) is 0 Å². The molecule has 28 heavy (non-hydrogen) atoms. The first-order chi connectivity index (χ1) is 13.6. The standard InChI is InChI=1S/C21H15Cl2N3O2/c22-14-8-4-7-13(19(14)23)17-16(28-10-12-5-2-1-3-6-12)9-15(27)18-20(17)25-11-26-21(18)24/h1-9,11,27H,10H2,(H2,24,25,26). The third kappa shape index (κ3) is 3.30. The zero-order chi connectivity index (χ0) is 19.7. The Balaban J connectivity index is 1.94. The van der Waals surface area contributed by atoms with E-state index in [9.17, 15) is 5.11 Å². The lowest BCUT2D eigenvalue weighted by Crippen LogP contribution is -2.01. The van der Waals surface area contributed by atoms with Crippen LogP contribution in [0.2, 0.25) is 10.0 Å². The summed E-state index contributed by atoms with van der Waals surface area (Å²) in [5.41, 5.74) is 8.60. The number of rotatable bonds is 4. The van der Waals surface area contributed by atoms with Crippen molar-refractivity contribution >= 4 is 39.9 Å². The molecule has 0 aliphatic heterocycles. The molecular weight excluding hydrogens is 397 g/mol. The van der Waals surface area contributed by atoms with Gasteiger partial charge in [-0.2, -0.15) is 0 Å². The van der Waals surface area contributed by atoms with Gasteiger partial charge in [-0.15, -0.1) is 0 Å². The number of hydrogen-bond acceptors (Lipinski definition) is 5. The molecule has 140 valence electrons. The van der Waals surface area contributed by atoms with Crippen LogP contribution in [0.5, 0.6) is 11.5 Å². The van der Waals surface area contributed by atoms with E-state index in [-0.39, 0.29) is 11.6 Å². The number of phenolic OH excluding ortho intramolecular Hbond substituents is 1. The number of halogens is 2. The van der Waals surface area contributed by atoms with E-state index in [4.69, 9.17) is 33.7 Å². The number of ether oxygens (including phenoxy) is 1. The molecule has 1 aromatic heterocycles. The second kappa shape index (κ2) is 7.54. The number of aromatic nitrogens is 2. The SMILES string of the molecule is Nc1ncnc2c(-c3cccc(Cl)c3Cl)c(OCc3ccccc3)cc(O)c12. The summed E-state index contributed by atoms with van der Waals surface area (Å²) in [6.45, 7) is 0.303. The van der Waals surface area contributed by atoms with E-state index < -0.39 is 0 Å². The van der Waals surface area contributed by atoms with E-state index in [1.807, 2.05) is 36.4 Å². The normalized spacial score (nSPS) is 10.9. The minimum absolute atomic E-state index is 0.0712. The van der Waals surface area contributed by atoms with Crippen molar-refractivity contribution in [3.05, 3.63) is 76.5 Å². The highest BCUT2D eigenvalue weighted by Crippen LogP contribution is 2.45. The maximum atomic E-state index is 10.5. The van der Waals surface area contributed by atoms with E-state index in [0.717, 1.165) is 5.56 Å². The van der Waals surface area contributed by atoms with Gasteiger partial charge >= 0.3 is 0 Å². The average molecular weight is 412 g/mol. The molecule has 0 aliphatic rings. The van der Waals surface area contributed by atoms with Crippen molar-refractivity contribution < 1.29 is 9.84 Å². The van der Waals surface area contributed by atoms with E-state index in [1.54, 1.807) is 12.1 Å². The highest BCUT2D eigenvalue weighted by Gasteiger charge is 2.21. The van der Waals surface area contributed by atoms with Crippen LogP contribution >= 0.6 is 23.2 Å². The summed E-state index contributed by atoms with van der Waals surface area (Å²) >= 11 is 12.7. The van der Waals surface area contributed by atoms with Gasteiger partial charge in [-0.25, -0.2) is 9.97 Å². The van der Waals surface area contributed by atoms with Crippen LogP contribution in [0.15, 0.2) is 60.9 Å². The fourth-order valence-electron chi connectivity index (χ4n) is 3.03. The lowest BCUT2D eigenvalue weighted by molar-refractivity contribution is 0.306. The van der Waals surface area contributed by atoms with Crippen molar-refractivity contribution in [1.29, 1.82) is 0 Å². The maximum Gasteiger partial charge on any atom is 0.138 e. The van der Waals surface area contributed by atoms with E-state index >= 15 is 0 Å². The van der Waals surface area contributed by atoms with E-state index in [0.29, 0.717) is 44.4 Å². The molecule has 0 fully saturated rings. The Morgan fingerprint density at radius 3 is 2.57 bits per heavy atom. The Hall–Kier alpha value is -3.02. The molecule has 5 nitrogen and oxygen atoms in total. The number of nitrogen functional groups attached to an aromatic ring is 1. The summed E-state index contributed by atoms with van der Waals surface area (Å²) in [5, 5.41) is 11.6. The van der Waals surface area contributed by atoms with Gasteiger partial charge in [0.1, 0.15) is 30.3 Å². The Morgan fingerprint density at radius 1 is 1.00 bits per heavy atom. The molecule has 0 bridgehead atoms. The maximum absolute atomic E-state index is 10.5. The third-order valence-corrected chi connectivity index (χ3v) is 5.16. The number of nitrogens with zero attached hydrogens (tertiary/aromatic N) is 2. The van der Waals surface area contributed by atoms with Crippen LogP contribution in [-0.4, -0.2) is 15.1 Å². The number of hydrogen-bond donors (Lipinski definition) is 2. The first-order valence-corrected chi connectivity index (χ1v) is 9.19. The van der Waals surface area contributed by atoms with Crippen LogP contribution in [0.4, 0.5) is 5.82 Å². The molecule has 0 atom stereocenters. The van der Waals surface area contributed by atoms with Crippen LogP contribution in [0.1, 0.15) is 5.56 Å². The first-order valence-electron chi connectivity index (χ1n) is 8.43. The number of fused-ring (bicyclic) bond motifs is 1. The molecule has 3 aromatic carbocycles. The molecule has 0 amide bonds. The molecule has 0 radical (unpaired) electrons. The van der Waals surface area contributed by atoms with Crippen molar-refractivity contribution in [3.63, 3.8) is 0 Å². The molecule has 0 aliphatic carbocycles. The van der Waals surface area contributed by atoms with Crippen LogP contribution < -0.4 is 10.5 Å². The number of phenols is 1. The first kappa shape index (κ1) is 18.3. The van der Waals surface area contributed by atoms with Crippen LogP contribution in [-0.2, 0) is 6.61 Å². The fourth-order valence-corrected chi connectivity index (χ4v) is 3.43. The van der Waals surface area contributed by atoms with Gasteiger partial charge in [-0.3, -0.25) is 0 Å². The van der Waals surface area contributed by atoms with Gasteiger partial charge in [-0.1, -0.05) is 65.7 Å². The molecule has 3 N–H and O–H groups in total. The largest absolute Gasteiger partial charge is 0.507 e. The Kier molecular flexibility index (Phi) is 4.94. The summed E-state index contributed by atoms with van der Waals surface area (Å²) in [4.78, 5) is 8.31. The van der Waals surface area contributed by atoms with Crippen molar-refractivity contribution in [2.45, 2.75) is 6.61 Å². The van der Waals surface area contributed by atoms with Gasteiger partial charge in [0.05, 0.1) is 26.5 Å². The number of nitrogens with two attached hydrogens (primary N) is 1. The Bertz CT molecular complexity index is 1170. The quantitative estimate of drug-likeness (QED) is 0.465. The molecule has 0 unspecified atom stereocenters. The summed E-state index contributed by atoms with van der Waals surface area (Å²) < 4.78 is 6.04. The predicted octanol–water partition coefficient (Wildman–Crippen LogP) is 5.47. The minimum Gasteiger partial charge on any atom is -0.507 e. The second-order valence-electron chi connectivity index (χ2n) is 6.13. The topological polar surface area (TPSA) is 81.3 Å². The highest BCUT2D eigenvalue weighted by molar-refractivity contribution is 6.44. The predicted molar refractivity (Wildman–Crippen MR) is 112 cm³/mol. The zero-order valence-corrected chi connectivity index (χ0v) is 16.1. The van der Waals surface area contributed by atoms with E-state index in [1.165, 1.54) is 12.4 Å². The lowest BCUT2D eigenvalue weighted by atomic mass is 10.00. The molecule has 4 rings (SSSR count). The Labute approximate surface area is 171 Å². The molecule has 0 saturated heterocycles. The van der Waals surface area contributed by atoms with Crippen molar-refractivity contribution in [3.8, 4) is 22.6 Å². The summed E-state index contributed by atoms with van der Waals surface area (Å²) in [7, 11) is 0. The van der Waals surface area contributed by atoms with Crippen LogP contribution in [0, 0.1) is 0 Å². The third-order valence-electron chi connectivity index (χ3n) is 4.34. The Morgan fingerprint density at radius 2 is 1.79 bits per heavy atom. The monoisotopic (exact) mass is 411 g/mol. The van der Waals surface area contributed by atoms with Gasteiger partial charge in [0.2, 0.25) is 0 Å². The minimum atomic E-state index is -0.0712. The van der Waals surface area contributed by atoms with Gasteiger partial charge < -0.3 is 15.6 Å². The molecular formula is C21H15Cl2N3O2. The van der Waals surface area contributed by atoms with Gasteiger partial charge in [0, 0.05) is 11.6 Å². The van der Waals surface area contributed by atoms with Crippen molar-refractivity contribution in [2.24, 2.45) is 0 Å². The van der Waals surface area contributed by atoms with Crippen molar-refractivity contribution in [2.75, 3.05) is 5.73 Å². The fraction of sp³-hybridized carbons (Fsp3) is 0.0476. The molecule has 4 aromatic rings. The smallest absolute Gasteiger partial charge is 0.138 e. The van der Waals surface area contributed by atoms with Gasteiger partial charge in [0.15, 0.2) is 0 Å². The highest BCUT2D eigenvalue weighted by atomic mass is 35.5. The molecule has 1 heterocycles. The van der Waals surface area contributed by atoms with Crippen LogP contribution in [0.25, 0.3) is 22.0 Å². The summed E-state index contributed by atoms with van der Waals surface area (Å²) in [6.07, 6.45) is 1.33. The van der Waals surface area contributed by atoms with Gasteiger partial charge in [0.25, 0.3) is 0 Å². The second-order valence-corrected chi connectivity index (χ2v) is 6.91. The number of benzene rings is 3. The molecule has 0 spiro atoms. The zero-order valence-electron chi connectivity index (χ0n) is 14.6. The molecule has 7 heteroatoms.